The van der Waals surface area contributed by atoms with Crippen LogP contribution in [-0.4, -0.2) is 3.79 Å². The smallest absolute Gasteiger partial charge is 0.147 e. The SMILES string of the molecule is C=C.CC(Cl)(Cl)Cl.Cl.Cl.Cl. The van der Waals surface area contributed by atoms with Gasteiger partial charge in [-0.3, -0.25) is 0 Å². The molecule has 0 aliphatic carbocycles. The third-order valence-corrected chi connectivity index (χ3v) is 0. The molecule has 0 aliphatic rings. The average molecular weight is 271 g/mol. The normalized spacial score (nSPS) is 6.40. The van der Waals surface area contributed by atoms with E-state index in [1.54, 1.807) is 0 Å². The minimum absolute atomic E-state index is 0. The van der Waals surface area contributed by atoms with Crippen LogP contribution < -0.4 is 0 Å². The van der Waals surface area contributed by atoms with E-state index in [9.17, 15) is 0 Å². The van der Waals surface area contributed by atoms with Gasteiger partial charge in [0.05, 0.1) is 0 Å². The van der Waals surface area contributed by atoms with Gasteiger partial charge in [-0.15, -0.1) is 50.4 Å². The Balaban J connectivity index is -0.0000000154. The van der Waals surface area contributed by atoms with E-state index < -0.39 is 3.79 Å². The molecule has 6 heteroatoms. The van der Waals surface area contributed by atoms with Crippen LogP contribution in [-0.2, 0) is 0 Å². The van der Waals surface area contributed by atoms with Crippen molar-refractivity contribution in [1.82, 2.24) is 0 Å². The average Bonchev–Trinajstić information content (AvgIpc) is 1.36. The van der Waals surface area contributed by atoms with Gasteiger partial charge in [0, 0.05) is 0 Å². The van der Waals surface area contributed by atoms with E-state index in [0.29, 0.717) is 0 Å². The Morgan fingerprint density at radius 3 is 0.900 bits per heavy atom. The third kappa shape index (κ3) is 311. The maximum absolute atomic E-state index is 5.06. The predicted molar refractivity (Wildman–Crippen MR) is 59.0 cm³/mol. The fourth-order valence-electron chi connectivity index (χ4n) is 0. The maximum atomic E-state index is 5.06. The molecule has 0 radical (unpaired) electrons. The summed E-state index contributed by atoms with van der Waals surface area (Å²) in [4.78, 5) is 0. The van der Waals surface area contributed by atoms with E-state index >= 15 is 0 Å². The highest BCUT2D eigenvalue weighted by Crippen LogP contribution is 2.23. The van der Waals surface area contributed by atoms with Crippen LogP contribution in [0.25, 0.3) is 0 Å². The highest BCUT2D eigenvalue weighted by atomic mass is 35.6. The fraction of sp³-hybridized carbons (Fsp3) is 0.500. The van der Waals surface area contributed by atoms with E-state index in [4.69, 9.17) is 34.8 Å². The Morgan fingerprint density at radius 2 is 0.900 bits per heavy atom. The Morgan fingerprint density at radius 1 is 0.900 bits per heavy atom. The van der Waals surface area contributed by atoms with Crippen molar-refractivity contribution in [2.45, 2.75) is 10.7 Å². The Labute approximate surface area is 95.5 Å². The van der Waals surface area contributed by atoms with Crippen LogP contribution in [0, 0.1) is 0 Å². The molecular weight excluding hydrogens is 261 g/mol. The van der Waals surface area contributed by atoms with Crippen molar-refractivity contribution >= 4 is 72.0 Å². The molecule has 0 atom stereocenters. The summed E-state index contributed by atoms with van der Waals surface area (Å²) in [5.41, 5.74) is 0. The van der Waals surface area contributed by atoms with Gasteiger partial charge in [-0.1, -0.05) is 34.8 Å². The minimum Gasteiger partial charge on any atom is -0.147 e. The number of halogens is 6. The Kier molecular flexibility index (Phi) is 50.5. The molecule has 68 valence electrons. The van der Waals surface area contributed by atoms with Crippen LogP contribution in [0.3, 0.4) is 0 Å². The summed E-state index contributed by atoms with van der Waals surface area (Å²) in [7, 11) is 0. The first kappa shape index (κ1) is 30.0. The van der Waals surface area contributed by atoms with Gasteiger partial charge in [0.15, 0.2) is 3.79 Å². The van der Waals surface area contributed by atoms with Crippen LogP contribution in [0.15, 0.2) is 13.2 Å². The minimum atomic E-state index is -1.08. The highest BCUT2D eigenvalue weighted by Gasteiger charge is 2.07. The lowest BCUT2D eigenvalue weighted by molar-refractivity contribution is 1.27. The molecule has 0 rings (SSSR count). The van der Waals surface area contributed by atoms with Gasteiger partial charge >= 0.3 is 0 Å². The largest absolute Gasteiger partial charge is 0.187 e. The van der Waals surface area contributed by atoms with Crippen LogP contribution in [0.1, 0.15) is 6.92 Å². The lowest BCUT2D eigenvalue weighted by atomic mass is 10.9. The molecule has 0 unspecified atom stereocenters. The van der Waals surface area contributed by atoms with Gasteiger partial charge < -0.3 is 0 Å². The van der Waals surface area contributed by atoms with Gasteiger partial charge in [-0.05, 0) is 6.92 Å². The summed E-state index contributed by atoms with van der Waals surface area (Å²) in [6, 6.07) is 0. The number of alkyl halides is 3. The van der Waals surface area contributed by atoms with E-state index in [0.717, 1.165) is 0 Å². The van der Waals surface area contributed by atoms with E-state index in [1.165, 1.54) is 6.92 Å². The summed E-state index contributed by atoms with van der Waals surface area (Å²) in [5.74, 6) is 0. The second-order valence-electron chi connectivity index (χ2n) is 0.781. The molecule has 0 N–H and O–H groups in total. The van der Waals surface area contributed by atoms with Crippen molar-refractivity contribution in [3.8, 4) is 0 Å². The molecule has 0 aromatic rings. The van der Waals surface area contributed by atoms with Crippen LogP contribution in [0.4, 0.5) is 0 Å². The van der Waals surface area contributed by atoms with Gasteiger partial charge in [0.25, 0.3) is 0 Å². The zero-order valence-corrected chi connectivity index (χ0v) is 9.99. The Hall–Kier alpha value is 1.48. The lowest BCUT2D eigenvalue weighted by Crippen LogP contribution is -1.87. The summed E-state index contributed by atoms with van der Waals surface area (Å²) in [6.45, 7) is 7.48. The molecule has 0 aromatic heterocycles. The number of hydrogen-bond donors (Lipinski definition) is 0. The first-order chi connectivity index (χ1) is 3.00. The second kappa shape index (κ2) is 16.8. The van der Waals surface area contributed by atoms with Crippen molar-refractivity contribution in [3.05, 3.63) is 13.2 Å². The van der Waals surface area contributed by atoms with E-state index in [2.05, 4.69) is 13.2 Å². The zero-order valence-electron chi connectivity index (χ0n) is 5.27. The molecular formula is C4H10Cl6. The summed E-state index contributed by atoms with van der Waals surface area (Å²) in [5, 5.41) is 0. The van der Waals surface area contributed by atoms with Gasteiger partial charge in [-0.25, -0.2) is 0 Å². The summed E-state index contributed by atoms with van der Waals surface area (Å²) < 4.78 is -1.08. The summed E-state index contributed by atoms with van der Waals surface area (Å²) in [6.07, 6.45) is 0. The topological polar surface area (TPSA) is 0 Å². The molecule has 0 heterocycles. The molecule has 0 amide bonds. The van der Waals surface area contributed by atoms with E-state index in [-0.39, 0.29) is 37.2 Å². The van der Waals surface area contributed by atoms with Crippen LogP contribution in [0.5, 0.6) is 0 Å². The summed E-state index contributed by atoms with van der Waals surface area (Å²) >= 11 is 15.2. The molecule has 0 saturated heterocycles. The standard InChI is InChI=1S/C2H3Cl3.C2H4.3ClH/c1-2(3,4)5;1-2;;;/h1H3;1-2H2;3*1H. The molecule has 10 heavy (non-hydrogen) atoms. The van der Waals surface area contributed by atoms with Crippen molar-refractivity contribution in [2.75, 3.05) is 0 Å². The van der Waals surface area contributed by atoms with E-state index in [1.807, 2.05) is 0 Å². The quantitative estimate of drug-likeness (QED) is 0.451. The zero-order chi connectivity index (χ0) is 6.50. The lowest BCUT2D eigenvalue weighted by Gasteiger charge is -1.94. The molecule has 0 nitrogen and oxygen atoms in total. The second-order valence-corrected chi connectivity index (χ2v) is 3.63. The first-order valence-corrected chi connectivity index (χ1v) is 2.70. The molecule has 0 spiro atoms. The van der Waals surface area contributed by atoms with Crippen molar-refractivity contribution in [3.63, 3.8) is 0 Å². The molecule has 0 bridgehead atoms. The van der Waals surface area contributed by atoms with Crippen LogP contribution >= 0.6 is 72.0 Å². The van der Waals surface area contributed by atoms with Crippen molar-refractivity contribution < 1.29 is 0 Å². The van der Waals surface area contributed by atoms with Crippen molar-refractivity contribution in [2.24, 2.45) is 0 Å². The van der Waals surface area contributed by atoms with Gasteiger partial charge in [0.2, 0.25) is 0 Å². The predicted octanol–water partition coefficient (Wildman–Crippen LogP) is 4.44. The molecule has 0 fully saturated rings. The third-order valence-electron chi connectivity index (χ3n) is 0. The number of hydrogen-bond acceptors (Lipinski definition) is 0. The fourth-order valence-corrected chi connectivity index (χ4v) is 0. The molecule has 0 saturated carbocycles. The molecule has 0 aromatic carbocycles. The maximum Gasteiger partial charge on any atom is 0.187 e. The monoisotopic (exact) mass is 268 g/mol. The Bertz CT molecular complexity index is 33.5. The van der Waals surface area contributed by atoms with Crippen LogP contribution in [0.2, 0.25) is 0 Å². The van der Waals surface area contributed by atoms with Gasteiger partial charge in [0.1, 0.15) is 0 Å². The van der Waals surface area contributed by atoms with Gasteiger partial charge in [-0.2, -0.15) is 0 Å². The molecule has 0 aliphatic heterocycles. The van der Waals surface area contributed by atoms with Crippen molar-refractivity contribution in [1.29, 1.82) is 0 Å². The highest BCUT2D eigenvalue weighted by molar-refractivity contribution is 6.67. The first-order valence-electron chi connectivity index (χ1n) is 1.57. The number of rotatable bonds is 0.